The van der Waals surface area contributed by atoms with E-state index in [0.29, 0.717) is 6.42 Å². The zero-order valence-corrected chi connectivity index (χ0v) is 10.7. The summed E-state index contributed by atoms with van der Waals surface area (Å²) >= 11 is 0. The van der Waals surface area contributed by atoms with Gasteiger partial charge in [0.1, 0.15) is 5.75 Å². The van der Waals surface area contributed by atoms with Gasteiger partial charge in [0, 0.05) is 12.0 Å². The normalized spacial score (nSPS) is 17.5. The van der Waals surface area contributed by atoms with Crippen molar-refractivity contribution in [2.75, 3.05) is 7.11 Å². The van der Waals surface area contributed by atoms with Crippen LogP contribution in [0.2, 0.25) is 0 Å². The molecule has 2 heteroatoms. The van der Waals surface area contributed by atoms with Gasteiger partial charge in [-0.25, -0.2) is 0 Å². The molecule has 1 aromatic carbocycles. The largest absolute Gasteiger partial charge is 0.497 e. The number of fused-ring (bicyclic) bond motifs is 1. The van der Waals surface area contributed by atoms with Gasteiger partial charge in [-0.1, -0.05) is 26.5 Å². The van der Waals surface area contributed by atoms with Gasteiger partial charge in [-0.3, -0.25) is 4.79 Å². The second kappa shape index (κ2) is 4.02. The topological polar surface area (TPSA) is 26.3 Å². The molecule has 90 valence electrons. The van der Waals surface area contributed by atoms with Crippen LogP contribution in [0.1, 0.15) is 48.2 Å². The lowest BCUT2D eigenvalue weighted by Crippen LogP contribution is -2.28. The minimum Gasteiger partial charge on any atom is -0.497 e. The van der Waals surface area contributed by atoms with E-state index in [0.717, 1.165) is 28.9 Å². The minimum absolute atomic E-state index is 0.0234. The van der Waals surface area contributed by atoms with Gasteiger partial charge in [0.15, 0.2) is 5.78 Å². The lowest BCUT2D eigenvalue weighted by atomic mass is 9.71. The molecular formula is C15H18O2. The molecule has 0 bridgehead atoms. The molecule has 0 unspecified atom stereocenters. The Morgan fingerprint density at radius 2 is 2.12 bits per heavy atom. The molecule has 0 saturated heterocycles. The quantitative estimate of drug-likeness (QED) is 0.776. The number of Topliss-reactive ketones (excluding diaryl/α,β-unsaturated/α-hetero) is 1. The molecule has 0 spiro atoms. The minimum atomic E-state index is 0.0234. The lowest BCUT2D eigenvalue weighted by molar-refractivity contribution is 0.0956. The van der Waals surface area contributed by atoms with Gasteiger partial charge in [-0.15, -0.1) is 0 Å². The lowest BCUT2D eigenvalue weighted by Gasteiger charge is -2.33. The van der Waals surface area contributed by atoms with Crippen molar-refractivity contribution in [1.29, 1.82) is 0 Å². The zero-order chi connectivity index (χ0) is 12.6. The summed E-state index contributed by atoms with van der Waals surface area (Å²) in [4.78, 5) is 12.1. The first kappa shape index (κ1) is 11.9. The van der Waals surface area contributed by atoms with E-state index in [9.17, 15) is 4.79 Å². The van der Waals surface area contributed by atoms with Crippen LogP contribution in [0.5, 0.6) is 5.75 Å². The maximum Gasteiger partial charge on any atom is 0.163 e. The summed E-state index contributed by atoms with van der Waals surface area (Å²) in [5.41, 5.74) is 2.83. The Bertz CT molecular complexity index is 484. The Morgan fingerprint density at radius 3 is 2.71 bits per heavy atom. The van der Waals surface area contributed by atoms with E-state index in [1.165, 1.54) is 0 Å². The number of methoxy groups -OCH3 is 1. The van der Waals surface area contributed by atoms with E-state index in [1.807, 2.05) is 12.1 Å². The highest BCUT2D eigenvalue weighted by molar-refractivity contribution is 6.02. The molecule has 0 N–H and O–H groups in total. The third-order valence-corrected chi connectivity index (χ3v) is 3.58. The van der Waals surface area contributed by atoms with Gasteiger partial charge in [0.05, 0.1) is 7.11 Å². The van der Waals surface area contributed by atoms with Crippen LogP contribution >= 0.6 is 0 Å². The monoisotopic (exact) mass is 230 g/mol. The number of hydrogen-bond donors (Lipinski definition) is 0. The second-order valence-corrected chi connectivity index (χ2v) is 5.15. The van der Waals surface area contributed by atoms with Crippen molar-refractivity contribution in [3.63, 3.8) is 0 Å². The summed E-state index contributed by atoms with van der Waals surface area (Å²) in [5.74, 6) is 1.01. The third kappa shape index (κ3) is 1.88. The Hall–Kier alpha value is -1.57. The Balaban J connectivity index is 2.74. The molecule has 1 aliphatic rings. The number of benzene rings is 1. The van der Waals surface area contributed by atoms with Crippen molar-refractivity contribution >= 4 is 11.9 Å². The molecule has 17 heavy (non-hydrogen) atoms. The standard InChI is InChI=1S/C15H18O2/c1-5-10-8-11(17-4)9-12-14(10)13(16)6-7-15(12,2)3/h5,8-9H,1,6-7H2,2-4H3. The summed E-state index contributed by atoms with van der Waals surface area (Å²) < 4.78 is 5.29. The molecule has 0 heterocycles. The summed E-state index contributed by atoms with van der Waals surface area (Å²) in [5, 5.41) is 0. The number of carbonyl (C=O) groups excluding carboxylic acids is 1. The van der Waals surface area contributed by atoms with Crippen molar-refractivity contribution in [1.82, 2.24) is 0 Å². The zero-order valence-electron chi connectivity index (χ0n) is 10.7. The van der Waals surface area contributed by atoms with E-state index in [1.54, 1.807) is 13.2 Å². The van der Waals surface area contributed by atoms with Gasteiger partial charge in [-0.05, 0) is 35.1 Å². The molecule has 0 amide bonds. The van der Waals surface area contributed by atoms with Crippen LogP contribution in [0.15, 0.2) is 18.7 Å². The molecule has 0 radical (unpaired) electrons. The van der Waals surface area contributed by atoms with Gasteiger partial charge in [-0.2, -0.15) is 0 Å². The smallest absolute Gasteiger partial charge is 0.163 e. The molecule has 0 atom stereocenters. The summed E-state index contributed by atoms with van der Waals surface area (Å²) in [6, 6.07) is 3.87. The highest BCUT2D eigenvalue weighted by Crippen LogP contribution is 2.40. The van der Waals surface area contributed by atoms with E-state index in [-0.39, 0.29) is 11.2 Å². The van der Waals surface area contributed by atoms with E-state index < -0.39 is 0 Å². The van der Waals surface area contributed by atoms with Crippen LogP contribution in [0.3, 0.4) is 0 Å². The molecule has 0 fully saturated rings. The Morgan fingerprint density at radius 1 is 1.41 bits per heavy atom. The molecule has 1 aromatic rings. The first-order valence-electron chi connectivity index (χ1n) is 5.88. The second-order valence-electron chi connectivity index (χ2n) is 5.15. The third-order valence-electron chi connectivity index (χ3n) is 3.58. The first-order chi connectivity index (χ1) is 7.99. The van der Waals surface area contributed by atoms with Crippen LogP contribution in [0.4, 0.5) is 0 Å². The molecular weight excluding hydrogens is 212 g/mol. The summed E-state index contributed by atoms with van der Waals surface area (Å²) in [6.07, 6.45) is 3.25. The molecule has 0 saturated carbocycles. The average molecular weight is 230 g/mol. The van der Waals surface area contributed by atoms with Gasteiger partial charge < -0.3 is 4.74 Å². The first-order valence-corrected chi connectivity index (χ1v) is 5.88. The average Bonchev–Trinajstić information content (AvgIpc) is 2.33. The highest BCUT2D eigenvalue weighted by Gasteiger charge is 2.33. The molecule has 1 aliphatic carbocycles. The van der Waals surface area contributed by atoms with Gasteiger partial charge in [0.2, 0.25) is 0 Å². The number of rotatable bonds is 2. The van der Waals surface area contributed by atoms with Crippen LogP contribution in [0.25, 0.3) is 6.08 Å². The van der Waals surface area contributed by atoms with E-state index in [4.69, 9.17) is 4.74 Å². The highest BCUT2D eigenvalue weighted by atomic mass is 16.5. The number of ether oxygens (including phenoxy) is 1. The van der Waals surface area contributed by atoms with Crippen molar-refractivity contribution in [3.8, 4) is 5.75 Å². The predicted octanol–water partition coefficient (Wildman–Crippen LogP) is 3.59. The van der Waals surface area contributed by atoms with Crippen LogP contribution in [-0.2, 0) is 5.41 Å². The molecule has 2 rings (SSSR count). The van der Waals surface area contributed by atoms with Crippen molar-refractivity contribution in [2.24, 2.45) is 0 Å². The number of hydrogen-bond acceptors (Lipinski definition) is 2. The van der Waals surface area contributed by atoms with Gasteiger partial charge in [0.25, 0.3) is 0 Å². The number of ketones is 1. The van der Waals surface area contributed by atoms with Crippen LogP contribution in [0, 0.1) is 0 Å². The summed E-state index contributed by atoms with van der Waals surface area (Å²) in [6.45, 7) is 8.13. The van der Waals surface area contributed by atoms with E-state index in [2.05, 4.69) is 20.4 Å². The fourth-order valence-electron chi connectivity index (χ4n) is 2.45. The summed E-state index contributed by atoms with van der Waals surface area (Å²) in [7, 11) is 1.65. The van der Waals surface area contributed by atoms with E-state index >= 15 is 0 Å². The van der Waals surface area contributed by atoms with Crippen LogP contribution in [-0.4, -0.2) is 12.9 Å². The fourth-order valence-corrected chi connectivity index (χ4v) is 2.45. The van der Waals surface area contributed by atoms with Crippen molar-refractivity contribution in [3.05, 3.63) is 35.4 Å². The molecule has 0 aliphatic heterocycles. The maximum absolute atomic E-state index is 12.1. The maximum atomic E-state index is 12.1. The molecule has 0 aromatic heterocycles. The van der Waals surface area contributed by atoms with Crippen LogP contribution < -0.4 is 4.74 Å². The molecule has 2 nitrogen and oxygen atoms in total. The van der Waals surface area contributed by atoms with Crippen molar-refractivity contribution in [2.45, 2.75) is 32.1 Å². The fraction of sp³-hybridized carbons (Fsp3) is 0.400. The van der Waals surface area contributed by atoms with Crippen molar-refractivity contribution < 1.29 is 9.53 Å². The SMILES string of the molecule is C=Cc1cc(OC)cc2c1C(=O)CCC2(C)C. The van der Waals surface area contributed by atoms with Gasteiger partial charge >= 0.3 is 0 Å². The number of carbonyl (C=O) groups is 1. The Labute approximate surface area is 102 Å². The predicted molar refractivity (Wildman–Crippen MR) is 69.7 cm³/mol. The Kier molecular flexibility index (Phi) is 2.82.